The first-order chi connectivity index (χ1) is 14.5. The Morgan fingerprint density at radius 3 is 2.67 bits per heavy atom. The lowest BCUT2D eigenvalue weighted by atomic mass is 10.1. The Labute approximate surface area is 181 Å². The molecule has 3 aromatic rings. The average molecular weight is 421 g/mol. The van der Waals surface area contributed by atoms with Gasteiger partial charge in [0, 0.05) is 36.5 Å². The topological polar surface area (TPSA) is 58.1 Å². The largest absolute Gasteiger partial charge is 0.347 e. The molecular formula is C24H28N4OS. The predicted molar refractivity (Wildman–Crippen MR) is 121 cm³/mol. The number of thiophene rings is 1. The molecule has 2 fully saturated rings. The average Bonchev–Trinajstić information content (AvgIpc) is 3.41. The molecule has 5 rings (SSSR count). The molecule has 3 heterocycles. The lowest BCUT2D eigenvalue weighted by molar-refractivity contribution is 0.0940. The van der Waals surface area contributed by atoms with Crippen molar-refractivity contribution in [3.8, 4) is 0 Å². The van der Waals surface area contributed by atoms with Gasteiger partial charge in [0.25, 0.3) is 5.91 Å². The van der Waals surface area contributed by atoms with E-state index in [1.165, 1.54) is 29.7 Å². The van der Waals surface area contributed by atoms with Gasteiger partial charge in [-0.3, -0.25) is 9.69 Å². The van der Waals surface area contributed by atoms with E-state index in [0.717, 1.165) is 51.7 Å². The first-order valence-electron chi connectivity index (χ1n) is 10.9. The number of aromatic nitrogens is 2. The highest BCUT2D eigenvalue weighted by atomic mass is 32.1. The summed E-state index contributed by atoms with van der Waals surface area (Å²) >= 11 is 1.52. The van der Waals surface area contributed by atoms with Crippen LogP contribution in [0.15, 0.2) is 30.3 Å². The maximum atomic E-state index is 13.1. The van der Waals surface area contributed by atoms with Gasteiger partial charge in [-0.25, -0.2) is 9.97 Å². The summed E-state index contributed by atoms with van der Waals surface area (Å²) in [5.74, 6) is 1.50. The maximum Gasteiger partial charge on any atom is 0.261 e. The third-order valence-corrected chi connectivity index (χ3v) is 7.71. The van der Waals surface area contributed by atoms with E-state index in [4.69, 9.17) is 9.97 Å². The maximum absolute atomic E-state index is 13.1. The van der Waals surface area contributed by atoms with Gasteiger partial charge in [0.05, 0.1) is 10.6 Å². The molecule has 1 N–H and O–H groups in total. The van der Waals surface area contributed by atoms with E-state index in [1.54, 1.807) is 0 Å². The second-order valence-corrected chi connectivity index (χ2v) is 9.72. The molecule has 1 amide bonds. The summed E-state index contributed by atoms with van der Waals surface area (Å²) in [4.78, 5) is 26.8. The number of hydrogen-bond acceptors (Lipinski definition) is 5. The van der Waals surface area contributed by atoms with Crippen LogP contribution < -0.4 is 5.32 Å². The van der Waals surface area contributed by atoms with Crippen molar-refractivity contribution < 1.29 is 4.79 Å². The molecule has 2 unspecified atom stereocenters. The molecule has 2 aromatic heterocycles. The number of nitrogens with zero attached hydrogens (tertiary/aromatic N) is 3. The molecule has 2 aliphatic rings. The predicted octanol–water partition coefficient (Wildman–Crippen LogP) is 4.75. The Kier molecular flexibility index (Phi) is 5.07. The van der Waals surface area contributed by atoms with Gasteiger partial charge in [0.15, 0.2) is 0 Å². The molecule has 1 aliphatic carbocycles. The summed E-state index contributed by atoms with van der Waals surface area (Å²) in [6.45, 7) is 8.20. The van der Waals surface area contributed by atoms with E-state index < -0.39 is 0 Å². The number of fused-ring (bicyclic) bond motifs is 1. The number of likely N-dealkylation sites (tertiary alicyclic amines) is 1. The minimum absolute atomic E-state index is 0.0297. The van der Waals surface area contributed by atoms with Crippen LogP contribution in [-0.4, -0.2) is 39.9 Å². The summed E-state index contributed by atoms with van der Waals surface area (Å²) in [5, 5.41) is 4.34. The van der Waals surface area contributed by atoms with Crippen LogP contribution in [0.3, 0.4) is 0 Å². The highest BCUT2D eigenvalue weighted by molar-refractivity contribution is 7.20. The zero-order valence-electron chi connectivity index (χ0n) is 17.8. The number of carbonyl (C=O) groups is 1. The molecule has 0 radical (unpaired) electrons. The quantitative estimate of drug-likeness (QED) is 0.647. The van der Waals surface area contributed by atoms with Crippen molar-refractivity contribution in [2.45, 2.75) is 58.0 Å². The fraction of sp³-hybridized carbons (Fsp3) is 0.458. The molecule has 1 aromatic carbocycles. The zero-order valence-corrected chi connectivity index (χ0v) is 18.6. The van der Waals surface area contributed by atoms with Crippen molar-refractivity contribution in [2.24, 2.45) is 0 Å². The molecule has 1 saturated carbocycles. The van der Waals surface area contributed by atoms with E-state index in [9.17, 15) is 4.79 Å². The molecule has 1 aliphatic heterocycles. The van der Waals surface area contributed by atoms with Gasteiger partial charge in [-0.05, 0) is 51.2 Å². The van der Waals surface area contributed by atoms with Gasteiger partial charge in [-0.1, -0.05) is 30.3 Å². The van der Waals surface area contributed by atoms with Crippen LogP contribution in [0.5, 0.6) is 0 Å². The fourth-order valence-corrected chi connectivity index (χ4v) is 5.69. The summed E-state index contributed by atoms with van der Waals surface area (Å²) < 4.78 is 0. The second-order valence-electron chi connectivity index (χ2n) is 8.72. The van der Waals surface area contributed by atoms with Gasteiger partial charge in [0.1, 0.15) is 10.7 Å². The van der Waals surface area contributed by atoms with Gasteiger partial charge in [-0.15, -0.1) is 11.3 Å². The standard InChI is InChI=1S/C24H28N4OS/c1-14-20-15(2)25-22(18-9-10-18)27-24(20)30-21(14)23(29)26-19-11-12-28(13-19)16(3)17-7-5-4-6-8-17/h4-8,16,18-19H,9-13H2,1-3H3,(H,26,29). The van der Waals surface area contributed by atoms with Crippen LogP contribution in [-0.2, 0) is 0 Å². The summed E-state index contributed by atoms with van der Waals surface area (Å²) in [5.41, 5.74) is 3.34. The third kappa shape index (κ3) is 3.63. The number of carbonyl (C=O) groups excluding carboxylic acids is 1. The highest BCUT2D eigenvalue weighted by Crippen LogP contribution is 2.40. The Morgan fingerprint density at radius 2 is 1.93 bits per heavy atom. The SMILES string of the molecule is Cc1nc(C2CC2)nc2sc(C(=O)NC3CCN(C(C)c4ccccc4)C3)c(C)c12. The number of hydrogen-bond donors (Lipinski definition) is 1. The lowest BCUT2D eigenvalue weighted by Crippen LogP contribution is -2.37. The number of aryl methyl sites for hydroxylation is 2. The second kappa shape index (κ2) is 7.75. The molecule has 156 valence electrons. The molecule has 0 spiro atoms. The minimum atomic E-state index is 0.0297. The van der Waals surface area contributed by atoms with Gasteiger partial charge in [0.2, 0.25) is 0 Å². The van der Waals surface area contributed by atoms with Crippen molar-refractivity contribution in [2.75, 3.05) is 13.1 Å². The molecule has 0 bridgehead atoms. The molecule has 30 heavy (non-hydrogen) atoms. The Hall–Kier alpha value is -2.31. The van der Waals surface area contributed by atoms with E-state index in [0.29, 0.717) is 12.0 Å². The van der Waals surface area contributed by atoms with Gasteiger partial charge in [-0.2, -0.15) is 0 Å². The van der Waals surface area contributed by atoms with Crippen molar-refractivity contribution in [3.63, 3.8) is 0 Å². The van der Waals surface area contributed by atoms with E-state index >= 15 is 0 Å². The first-order valence-corrected chi connectivity index (χ1v) is 11.7. The van der Waals surface area contributed by atoms with E-state index in [1.807, 2.05) is 13.8 Å². The number of benzene rings is 1. The molecular weight excluding hydrogens is 392 g/mol. The Balaban J connectivity index is 1.30. The Morgan fingerprint density at radius 1 is 1.17 bits per heavy atom. The summed E-state index contributed by atoms with van der Waals surface area (Å²) in [7, 11) is 0. The zero-order chi connectivity index (χ0) is 20.8. The van der Waals surface area contributed by atoms with Crippen molar-refractivity contribution in [1.29, 1.82) is 0 Å². The first kappa shape index (κ1) is 19.6. The Bertz CT molecular complexity index is 1090. The van der Waals surface area contributed by atoms with Crippen molar-refractivity contribution >= 4 is 27.5 Å². The van der Waals surface area contributed by atoms with E-state index in [2.05, 4.69) is 47.5 Å². The molecule has 2 atom stereocenters. The fourth-order valence-electron chi connectivity index (χ4n) is 4.55. The third-order valence-electron chi connectivity index (χ3n) is 6.52. The molecule has 6 heteroatoms. The highest BCUT2D eigenvalue weighted by Gasteiger charge is 2.30. The molecule has 1 saturated heterocycles. The van der Waals surface area contributed by atoms with Crippen LogP contribution in [0.25, 0.3) is 10.2 Å². The van der Waals surface area contributed by atoms with Gasteiger partial charge >= 0.3 is 0 Å². The van der Waals surface area contributed by atoms with Crippen LogP contribution in [0.1, 0.15) is 70.5 Å². The van der Waals surface area contributed by atoms with Crippen LogP contribution in [0.4, 0.5) is 0 Å². The van der Waals surface area contributed by atoms with E-state index in [-0.39, 0.29) is 11.9 Å². The minimum Gasteiger partial charge on any atom is -0.347 e. The number of amides is 1. The normalized spacial score (nSPS) is 20.6. The monoisotopic (exact) mass is 420 g/mol. The van der Waals surface area contributed by atoms with Crippen LogP contribution >= 0.6 is 11.3 Å². The van der Waals surface area contributed by atoms with Crippen molar-refractivity contribution in [3.05, 3.63) is 57.9 Å². The number of nitrogens with one attached hydrogen (secondary N) is 1. The van der Waals surface area contributed by atoms with Crippen molar-refractivity contribution in [1.82, 2.24) is 20.2 Å². The summed E-state index contributed by atoms with van der Waals surface area (Å²) in [6.07, 6.45) is 3.35. The van der Waals surface area contributed by atoms with Crippen LogP contribution in [0.2, 0.25) is 0 Å². The van der Waals surface area contributed by atoms with Gasteiger partial charge < -0.3 is 5.32 Å². The molecule has 5 nitrogen and oxygen atoms in total. The lowest BCUT2D eigenvalue weighted by Gasteiger charge is -2.24. The van der Waals surface area contributed by atoms with Crippen LogP contribution in [0, 0.1) is 13.8 Å². The number of rotatable bonds is 5. The smallest absolute Gasteiger partial charge is 0.261 e. The summed E-state index contributed by atoms with van der Waals surface area (Å²) in [6, 6.07) is 11.1.